The van der Waals surface area contributed by atoms with E-state index in [-0.39, 0.29) is 18.5 Å². The predicted octanol–water partition coefficient (Wildman–Crippen LogP) is 2.52. The van der Waals surface area contributed by atoms with Crippen LogP contribution in [0.15, 0.2) is 0 Å². The quantitative estimate of drug-likeness (QED) is 0.594. The van der Waals surface area contributed by atoms with Gasteiger partial charge in [-0.2, -0.15) is 0 Å². The second kappa shape index (κ2) is 5.92. The van der Waals surface area contributed by atoms with Crippen LogP contribution in [-0.4, -0.2) is 31.4 Å². The van der Waals surface area contributed by atoms with Crippen LogP contribution < -0.4 is 5.32 Å². The third kappa shape index (κ3) is 5.58. The molecule has 1 aliphatic rings. The molecular formula is C9H15ClF3NO. The number of hydrogen-bond acceptors (Lipinski definition) is 2. The average Bonchev–Trinajstić information content (AvgIpc) is 2.49. The lowest BCUT2D eigenvalue weighted by atomic mass is 10.1. The SMILES string of the molecule is FC(F)(F)OCCNCC1CCCC1Cl. The van der Waals surface area contributed by atoms with Gasteiger partial charge in [0.05, 0.1) is 6.61 Å². The van der Waals surface area contributed by atoms with Gasteiger partial charge in [-0.1, -0.05) is 6.42 Å². The van der Waals surface area contributed by atoms with Gasteiger partial charge < -0.3 is 5.32 Å². The highest BCUT2D eigenvalue weighted by Gasteiger charge is 2.28. The highest BCUT2D eigenvalue weighted by Crippen LogP contribution is 2.29. The Morgan fingerprint density at radius 2 is 2.07 bits per heavy atom. The Kier molecular flexibility index (Phi) is 5.15. The zero-order chi connectivity index (χ0) is 11.3. The molecule has 6 heteroatoms. The fraction of sp³-hybridized carbons (Fsp3) is 1.00. The van der Waals surface area contributed by atoms with Crippen molar-refractivity contribution in [3.05, 3.63) is 0 Å². The Hall–Kier alpha value is 0. The number of alkyl halides is 4. The lowest BCUT2D eigenvalue weighted by molar-refractivity contribution is -0.323. The van der Waals surface area contributed by atoms with E-state index in [0.29, 0.717) is 12.5 Å². The fourth-order valence-electron chi connectivity index (χ4n) is 1.75. The topological polar surface area (TPSA) is 21.3 Å². The molecule has 15 heavy (non-hydrogen) atoms. The normalized spacial score (nSPS) is 27.2. The first kappa shape index (κ1) is 13.1. The molecular weight excluding hydrogens is 231 g/mol. The van der Waals surface area contributed by atoms with Crippen molar-refractivity contribution in [3.63, 3.8) is 0 Å². The van der Waals surface area contributed by atoms with Crippen LogP contribution in [0, 0.1) is 5.92 Å². The number of hydrogen-bond donors (Lipinski definition) is 1. The standard InChI is InChI=1S/C9H15ClF3NO/c10-8-3-1-2-7(8)6-14-4-5-15-9(11,12)13/h7-8,14H,1-6H2. The van der Waals surface area contributed by atoms with Crippen LogP contribution in [0.25, 0.3) is 0 Å². The lowest BCUT2D eigenvalue weighted by Crippen LogP contribution is -2.30. The molecule has 1 N–H and O–H groups in total. The van der Waals surface area contributed by atoms with E-state index in [2.05, 4.69) is 10.1 Å². The second-order valence-corrected chi connectivity index (χ2v) is 4.27. The number of halogens is 4. The molecule has 0 aromatic carbocycles. The molecule has 90 valence electrons. The first-order valence-electron chi connectivity index (χ1n) is 5.04. The van der Waals surface area contributed by atoms with Crippen LogP contribution in [-0.2, 0) is 4.74 Å². The van der Waals surface area contributed by atoms with Gasteiger partial charge in [0.1, 0.15) is 0 Å². The van der Waals surface area contributed by atoms with Gasteiger partial charge in [0.2, 0.25) is 0 Å². The van der Waals surface area contributed by atoms with Crippen LogP contribution in [0.5, 0.6) is 0 Å². The van der Waals surface area contributed by atoms with Gasteiger partial charge in [0, 0.05) is 11.9 Å². The third-order valence-corrected chi connectivity index (χ3v) is 3.09. The summed E-state index contributed by atoms with van der Waals surface area (Å²) in [5.74, 6) is 0.387. The highest BCUT2D eigenvalue weighted by molar-refractivity contribution is 6.20. The van der Waals surface area contributed by atoms with Gasteiger partial charge in [-0.15, -0.1) is 24.8 Å². The molecule has 0 amide bonds. The van der Waals surface area contributed by atoms with E-state index >= 15 is 0 Å². The van der Waals surface area contributed by atoms with Crippen molar-refractivity contribution in [2.75, 3.05) is 19.7 Å². The molecule has 1 rings (SSSR count). The Balaban J connectivity index is 1.97. The molecule has 1 saturated carbocycles. The van der Waals surface area contributed by atoms with E-state index < -0.39 is 6.36 Å². The van der Waals surface area contributed by atoms with E-state index in [1.165, 1.54) is 0 Å². The maximum Gasteiger partial charge on any atom is 0.522 e. The van der Waals surface area contributed by atoms with E-state index in [9.17, 15) is 13.2 Å². The van der Waals surface area contributed by atoms with Crippen molar-refractivity contribution in [3.8, 4) is 0 Å². The Morgan fingerprint density at radius 1 is 1.33 bits per heavy atom. The third-order valence-electron chi connectivity index (χ3n) is 2.52. The maximum atomic E-state index is 11.6. The summed E-state index contributed by atoms with van der Waals surface area (Å²) in [5, 5.41) is 3.09. The Labute approximate surface area is 92.1 Å². The first-order valence-corrected chi connectivity index (χ1v) is 5.48. The van der Waals surface area contributed by atoms with Crippen molar-refractivity contribution in [1.82, 2.24) is 5.32 Å². The predicted molar refractivity (Wildman–Crippen MR) is 51.9 cm³/mol. The van der Waals surface area contributed by atoms with Crippen LogP contribution >= 0.6 is 11.6 Å². The molecule has 0 heterocycles. The maximum absolute atomic E-state index is 11.6. The molecule has 0 saturated heterocycles. The summed E-state index contributed by atoms with van der Waals surface area (Å²) in [5.41, 5.74) is 0. The summed E-state index contributed by atoms with van der Waals surface area (Å²) in [6.07, 6.45) is -1.35. The Bertz CT molecular complexity index is 189. The van der Waals surface area contributed by atoms with Crippen LogP contribution in [0.3, 0.4) is 0 Å². The molecule has 0 aromatic heterocycles. The zero-order valence-electron chi connectivity index (χ0n) is 8.32. The van der Waals surface area contributed by atoms with Crippen LogP contribution in [0.1, 0.15) is 19.3 Å². The van der Waals surface area contributed by atoms with Gasteiger partial charge in [-0.3, -0.25) is 4.74 Å². The summed E-state index contributed by atoms with van der Waals surface area (Å²) >= 11 is 6.01. The van der Waals surface area contributed by atoms with Crippen molar-refractivity contribution >= 4 is 11.6 Å². The largest absolute Gasteiger partial charge is 0.522 e. The van der Waals surface area contributed by atoms with Gasteiger partial charge in [0.25, 0.3) is 0 Å². The molecule has 2 atom stereocenters. The number of ether oxygens (including phenoxy) is 1. The first-order chi connectivity index (χ1) is 6.99. The van der Waals surface area contributed by atoms with Crippen molar-refractivity contribution < 1.29 is 17.9 Å². The van der Waals surface area contributed by atoms with Gasteiger partial charge in [-0.05, 0) is 25.3 Å². The molecule has 2 unspecified atom stereocenters. The Morgan fingerprint density at radius 3 is 2.60 bits per heavy atom. The molecule has 1 aliphatic carbocycles. The van der Waals surface area contributed by atoms with Crippen molar-refractivity contribution in [1.29, 1.82) is 0 Å². The molecule has 0 spiro atoms. The lowest BCUT2D eigenvalue weighted by Gasteiger charge is -2.14. The summed E-state index contributed by atoms with van der Waals surface area (Å²) in [6, 6.07) is 0. The van der Waals surface area contributed by atoms with Gasteiger partial charge >= 0.3 is 6.36 Å². The summed E-state index contributed by atoms with van der Waals surface area (Å²) in [6.45, 7) is 0.540. The van der Waals surface area contributed by atoms with Gasteiger partial charge in [0.15, 0.2) is 0 Å². The van der Waals surface area contributed by atoms with E-state index in [1.807, 2.05) is 0 Å². The van der Waals surface area contributed by atoms with Crippen molar-refractivity contribution in [2.24, 2.45) is 5.92 Å². The molecule has 1 fully saturated rings. The smallest absolute Gasteiger partial charge is 0.314 e. The number of rotatable bonds is 5. The second-order valence-electron chi connectivity index (χ2n) is 3.71. The fourth-order valence-corrected chi connectivity index (χ4v) is 2.12. The summed E-state index contributed by atoms with van der Waals surface area (Å²) in [4.78, 5) is 0. The summed E-state index contributed by atoms with van der Waals surface area (Å²) < 4.78 is 38.3. The minimum absolute atomic E-state index is 0.168. The van der Waals surface area contributed by atoms with Crippen LogP contribution in [0.4, 0.5) is 13.2 Å². The monoisotopic (exact) mass is 245 g/mol. The van der Waals surface area contributed by atoms with E-state index in [4.69, 9.17) is 11.6 Å². The average molecular weight is 246 g/mol. The van der Waals surface area contributed by atoms with Gasteiger partial charge in [-0.25, -0.2) is 0 Å². The molecule has 0 aliphatic heterocycles. The van der Waals surface area contributed by atoms with E-state index in [1.54, 1.807) is 0 Å². The molecule has 2 nitrogen and oxygen atoms in total. The molecule has 0 aromatic rings. The zero-order valence-corrected chi connectivity index (χ0v) is 9.07. The minimum atomic E-state index is -4.52. The minimum Gasteiger partial charge on any atom is -0.314 e. The highest BCUT2D eigenvalue weighted by atomic mass is 35.5. The van der Waals surface area contributed by atoms with E-state index in [0.717, 1.165) is 19.3 Å². The molecule has 0 radical (unpaired) electrons. The molecule has 0 bridgehead atoms. The van der Waals surface area contributed by atoms with Crippen molar-refractivity contribution in [2.45, 2.75) is 31.0 Å². The summed E-state index contributed by atoms with van der Waals surface area (Å²) in [7, 11) is 0. The number of nitrogens with one attached hydrogen (secondary N) is 1. The van der Waals surface area contributed by atoms with Crippen LogP contribution in [0.2, 0.25) is 0 Å².